The summed E-state index contributed by atoms with van der Waals surface area (Å²) in [5, 5.41) is 22.0. The Kier molecular flexibility index (Phi) is 19.9. The van der Waals surface area contributed by atoms with Gasteiger partial charge in [0.15, 0.2) is 5.76 Å². The molecule has 0 spiro atoms. The topological polar surface area (TPSA) is 92.8 Å². The first kappa shape index (κ1) is 29.9. The van der Waals surface area contributed by atoms with E-state index >= 15 is 0 Å². The molecule has 1 aliphatic rings. The minimum absolute atomic E-state index is 0.0301. The van der Waals surface area contributed by atoms with Crippen molar-refractivity contribution in [3.05, 3.63) is 47.6 Å². The quantitative estimate of drug-likeness (QED) is 0.311. The third-order valence-electron chi connectivity index (χ3n) is 4.00. The van der Waals surface area contributed by atoms with Crippen LogP contribution in [0.3, 0.4) is 0 Å². The number of ether oxygens (including phenoxy) is 1. The predicted molar refractivity (Wildman–Crippen MR) is 123 cm³/mol. The van der Waals surface area contributed by atoms with E-state index in [1.807, 2.05) is 20.8 Å². The van der Waals surface area contributed by atoms with Gasteiger partial charge in [0.2, 0.25) is 0 Å². The summed E-state index contributed by atoms with van der Waals surface area (Å²) in [6.45, 7) is 14.9. The molecule has 1 saturated carbocycles. The van der Waals surface area contributed by atoms with Crippen molar-refractivity contribution in [1.29, 1.82) is 0 Å². The van der Waals surface area contributed by atoms with Crippen LogP contribution in [0.4, 0.5) is 0 Å². The highest BCUT2D eigenvalue weighted by Gasteiger charge is 2.13. The van der Waals surface area contributed by atoms with Gasteiger partial charge in [-0.15, -0.1) is 0 Å². The molecule has 0 aliphatic heterocycles. The molecule has 6 nitrogen and oxygen atoms in total. The standard InChI is InChI=1S/C12H15NO3.C6H12.C4H8O2.C2H6/c1-4-10(6-5-8(2)15)12-11(7-14)9(3)13-16-12;1-2-4-6-5-3-1;1-4(2)6-3-5;1-2/h4-6,14-15H,2,7H2,1,3H3;1-6H2;3-4H,1-2H3;1-2H3/b6-5-,10-4+;;;. The fourth-order valence-corrected chi connectivity index (χ4v) is 2.46. The number of nitrogens with zero attached hydrogens (tertiary/aromatic N) is 1. The number of aryl methyl sites for hydroxylation is 1. The number of hydrogen-bond donors (Lipinski definition) is 2. The zero-order valence-electron chi connectivity index (χ0n) is 19.6. The molecule has 30 heavy (non-hydrogen) atoms. The molecule has 1 aromatic rings. The molecule has 0 radical (unpaired) electrons. The number of aromatic nitrogens is 1. The van der Waals surface area contributed by atoms with Crippen LogP contribution in [0.1, 0.15) is 90.2 Å². The van der Waals surface area contributed by atoms with Gasteiger partial charge in [-0.05, 0) is 39.8 Å². The molecule has 0 amide bonds. The molecule has 172 valence electrons. The Balaban J connectivity index is 0. The van der Waals surface area contributed by atoms with Gasteiger partial charge in [-0.3, -0.25) is 4.79 Å². The number of carbonyl (C=O) groups is 1. The van der Waals surface area contributed by atoms with Gasteiger partial charge < -0.3 is 19.5 Å². The zero-order valence-corrected chi connectivity index (χ0v) is 19.6. The van der Waals surface area contributed by atoms with E-state index in [9.17, 15) is 9.90 Å². The maximum atomic E-state index is 9.39. The summed E-state index contributed by atoms with van der Waals surface area (Å²) in [6.07, 6.45) is 13.9. The molecule has 2 rings (SSSR count). The maximum Gasteiger partial charge on any atom is 0.293 e. The van der Waals surface area contributed by atoms with E-state index in [-0.39, 0.29) is 18.5 Å². The van der Waals surface area contributed by atoms with Gasteiger partial charge in [0.1, 0.15) is 5.76 Å². The number of aliphatic hydroxyl groups is 2. The van der Waals surface area contributed by atoms with Crippen molar-refractivity contribution < 1.29 is 24.3 Å². The van der Waals surface area contributed by atoms with Crippen molar-refractivity contribution in [2.75, 3.05) is 0 Å². The van der Waals surface area contributed by atoms with Crippen LogP contribution in [-0.4, -0.2) is 27.9 Å². The molecule has 1 aromatic heterocycles. The Hall–Kier alpha value is -2.34. The largest absolute Gasteiger partial charge is 0.509 e. The molecule has 0 atom stereocenters. The van der Waals surface area contributed by atoms with Crippen LogP contribution >= 0.6 is 0 Å². The number of carbonyl (C=O) groups excluding carboxylic acids is 1. The maximum absolute atomic E-state index is 9.39. The summed E-state index contributed by atoms with van der Waals surface area (Å²) >= 11 is 0. The second kappa shape index (κ2) is 20.0. The Morgan fingerprint density at radius 3 is 1.97 bits per heavy atom. The van der Waals surface area contributed by atoms with Crippen molar-refractivity contribution in [3.63, 3.8) is 0 Å². The van der Waals surface area contributed by atoms with E-state index in [1.165, 1.54) is 44.6 Å². The summed E-state index contributed by atoms with van der Waals surface area (Å²) in [5.41, 5.74) is 2.05. The molecule has 6 heteroatoms. The number of hydrogen-bond acceptors (Lipinski definition) is 6. The van der Waals surface area contributed by atoms with Crippen LogP contribution in [0, 0.1) is 6.92 Å². The van der Waals surface area contributed by atoms with Crippen molar-refractivity contribution in [3.8, 4) is 0 Å². The van der Waals surface area contributed by atoms with Gasteiger partial charge in [0.05, 0.1) is 18.4 Å². The van der Waals surface area contributed by atoms with Crippen LogP contribution < -0.4 is 0 Å². The molecular formula is C24H41NO5. The Bertz CT molecular complexity index is 614. The van der Waals surface area contributed by atoms with Gasteiger partial charge in [-0.1, -0.05) is 70.2 Å². The van der Waals surface area contributed by atoms with Gasteiger partial charge in [-0.25, -0.2) is 0 Å². The van der Waals surface area contributed by atoms with E-state index in [2.05, 4.69) is 16.5 Å². The minimum atomic E-state index is -0.129. The molecular weight excluding hydrogens is 382 g/mol. The zero-order chi connectivity index (χ0) is 23.4. The molecule has 0 bridgehead atoms. The monoisotopic (exact) mass is 423 g/mol. The van der Waals surface area contributed by atoms with E-state index in [4.69, 9.17) is 9.63 Å². The smallest absolute Gasteiger partial charge is 0.293 e. The summed E-state index contributed by atoms with van der Waals surface area (Å²) < 4.78 is 9.49. The highest BCUT2D eigenvalue weighted by atomic mass is 16.5. The number of rotatable bonds is 6. The lowest BCUT2D eigenvalue weighted by molar-refractivity contribution is -0.131. The predicted octanol–water partition coefficient (Wildman–Crippen LogP) is 6.44. The molecule has 0 unspecified atom stereocenters. The lowest BCUT2D eigenvalue weighted by Gasteiger charge is -2.05. The molecule has 1 heterocycles. The first-order valence-corrected chi connectivity index (χ1v) is 10.7. The van der Waals surface area contributed by atoms with Gasteiger partial charge in [0.25, 0.3) is 6.47 Å². The Morgan fingerprint density at radius 2 is 1.67 bits per heavy atom. The lowest BCUT2D eigenvalue weighted by atomic mass is 10.0. The van der Waals surface area contributed by atoms with E-state index in [1.54, 1.807) is 32.9 Å². The summed E-state index contributed by atoms with van der Waals surface area (Å²) in [4.78, 5) is 9.39. The SMILES string of the molecule is C1CCCCC1.C=C(O)/C=C\C(=C/C)c1onc(C)c1CO.CC.CC(C)OC=O. The first-order chi connectivity index (χ1) is 14.4. The van der Waals surface area contributed by atoms with Crippen LogP contribution in [0.5, 0.6) is 0 Å². The van der Waals surface area contributed by atoms with Gasteiger partial charge >= 0.3 is 0 Å². The lowest BCUT2D eigenvalue weighted by Crippen LogP contribution is -1.98. The first-order valence-electron chi connectivity index (χ1n) is 10.7. The second-order valence-electron chi connectivity index (χ2n) is 6.70. The number of allylic oxidation sites excluding steroid dienone is 4. The molecule has 1 fully saturated rings. The van der Waals surface area contributed by atoms with E-state index in [0.29, 0.717) is 23.5 Å². The van der Waals surface area contributed by atoms with Crippen molar-refractivity contribution in [1.82, 2.24) is 5.16 Å². The highest BCUT2D eigenvalue weighted by molar-refractivity contribution is 5.73. The van der Waals surface area contributed by atoms with Crippen LogP contribution in [0.25, 0.3) is 5.57 Å². The molecule has 2 N–H and O–H groups in total. The van der Waals surface area contributed by atoms with Crippen molar-refractivity contribution in [2.24, 2.45) is 0 Å². The fraction of sp³-hybridized carbons (Fsp3) is 0.583. The molecule has 0 aromatic carbocycles. The fourth-order valence-electron chi connectivity index (χ4n) is 2.46. The molecule has 0 saturated heterocycles. The third kappa shape index (κ3) is 14.6. The van der Waals surface area contributed by atoms with E-state index < -0.39 is 0 Å². The summed E-state index contributed by atoms with van der Waals surface area (Å²) in [6, 6.07) is 0. The molecule has 1 aliphatic carbocycles. The van der Waals surface area contributed by atoms with Crippen LogP contribution in [0.15, 0.2) is 35.1 Å². The average molecular weight is 424 g/mol. The number of aliphatic hydroxyl groups excluding tert-OH is 2. The summed E-state index contributed by atoms with van der Waals surface area (Å²) in [5.74, 6) is 0.473. The van der Waals surface area contributed by atoms with Crippen LogP contribution in [-0.2, 0) is 16.1 Å². The van der Waals surface area contributed by atoms with Crippen molar-refractivity contribution in [2.45, 2.75) is 92.8 Å². The van der Waals surface area contributed by atoms with Gasteiger partial charge in [0, 0.05) is 11.1 Å². The van der Waals surface area contributed by atoms with Crippen LogP contribution in [0.2, 0.25) is 0 Å². The highest BCUT2D eigenvalue weighted by Crippen LogP contribution is 2.23. The van der Waals surface area contributed by atoms with E-state index in [0.717, 1.165) is 5.57 Å². The van der Waals surface area contributed by atoms with Crippen molar-refractivity contribution >= 4 is 12.0 Å². The second-order valence-corrected chi connectivity index (χ2v) is 6.70. The Labute approximate surface area is 182 Å². The minimum Gasteiger partial charge on any atom is -0.509 e. The normalized spacial score (nSPS) is 13.3. The third-order valence-corrected chi connectivity index (χ3v) is 4.00. The van der Waals surface area contributed by atoms with Gasteiger partial charge in [-0.2, -0.15) is 0 Å². The Morgan fingerprint density at radius 1 is 1.17 bits per heavy atom. The average Bonchev–Trinajstić information content (AvgIpc) is 3.12. The summed E-state index contributed by atoms with van der Waals surface area (Å²) in [7, 11) is 0.